The van der Waals surface area contributed by atoms with Gasteiger partial charge in [-0.25, -0.2) is 4.58 Å². The molecule has 0 spiro atoms. The van der Waals surface area contributed by atoms with Gasteiger partial charge in [0.15, 0.2) is 6.54 Å². The molecule has 0 N–H and O–H groups in total. The van der Waals surface area contributed by atoms with Gasteiger partial charge in [0.25, 0.3) is 6.34 Å². The highest BCUT2D eigenvalue weighted by Gasteiger charge is 2.02. The summed E-state index contributed by atoms with van der Waals surface area (Å²) in [7, 11) is 0. The van der Waals surface area contributed by atoms with E-state index in [1.165, 1.54) is 12.8 Å². The van der Waals surface area contributed by atoms with E-state index in [-0.39, 0.29) is 0 Å². The molecule has 0 aromatic carbocycles. The van der Waals surface area contributed by atoms with Crippen molar-refractivity contribution >= 4 is 12.6 Å². The number of nitrogens with zero attached hydrogens (tertiary/aromatic N) is 2. The highest BCUT2D eigenvalue weighted by Crippen LogP contribution is 1.88. The van der Waals surface area contributed by atoms with Crippen LogP contribution in [0.4, 0.5) is 0 Å². The van der Waals surface area contributed by atoms with Gasteiger partial charge in [0.05, 0.1) is 6.54 Å². The second kappa shape index (κ2) is 3.38. The molecule has 1 heterocycles. The predicted molar refractivity (Wildman–Crippen MR) is 39.5 cm³/mol. The first-order valence-corrected chi connectivity index (χ1v) is 3.52. The molecule has 0 saturated carbocycles. The third kappa shape index (κ3) is 1.96. The molecule has 2 nitrogen and oxygen atoms in total. The zero-order chi connectivity index (χ0) is 6.53. The maximum atomic E-state index is 4.06. The fourth-order valence-corrected chi connectivity index (χ4v) is 0.841. The Labute approximate surface area is 55.9 Å². The summed E-state index contributed by atoms with van der Waals surface area (Å²) in [6.07, 6.45) is 6.56. The number of hydrogen-bond donors (Lipinski definition) is 0. The molecule has 0 radical (unpaired) electrons. The van der Waals surface area contributed by atoms with Gasteiger partial charge in [0.1, 0.15) is 6.21 Å². The number of rotatable bonds is 3. The molecule has 0 aliphatic carbocycles. The molecule has 0 aromatic rings. The van der Waals surface area contributed by atoms with Gasteiger partial charge in [-0.3, -0.25) is 0 Å². The minimum Gasteiger partial charge on any atom is -0.237 e. The summed E-state index contributed by atoms with van der Waals surface area (Å²) in [5.74, 6) is 0. The standard InChI is InChI=1S/C7H13N2/c1-2-3-5-9-6-4-8-7-9/h6-7H,2-5H2,1H3/q+1. The lowest BCUT2D eigenvalue weighted by Gasteiger charge is -1.91. The second-order valence-corrected chi connectivity index (χ2v) is 2.25. The van der Waals surface area contributed by atoms with Crippen LogP contribution in [0, 0.1) is 0 Å². The van der Waals surface area contributed by atoms with E-state index in [1.54, 1.807) is 0 Å². The van der Waals surface area contributed by atoms with Crippen LogP contribution in [0.25, 0.3) is 0 Å². The normalized spacial score (nSPS) is 16.3. The Morgan fingerprint density at radius 1 is 1.67 bits per heavy atom. The quantitative estimate of drug-likeness (QED) is 0.498. The largest absolute Gasteiger partial charge is 0.280 e. The lowest BCUT2D eigenvalue weighted by atomic mass is 10.3. The molecular weight excluding hydrogens is 112 g/mol. The van der Waals surface area contributed by atoms with Crippen molar-refractivity contribution in [1.82, 2.24) is 0 Å². The topological polar surface area (TPSA) is 15.4 Å². The van der Waals surface area contributed by atoms with Gasteiger partial charge in [-0.15, -0.1) is 0 Å². The van der Waals surface area contributed by atoms with E-state index < -0.39 is 0 Å². The molecule has 2 heteroatoms. The maximum absolute atomic E-state index is 4.06. The molecule has 0 bridgehead atoms. The van der Waals surface area contributed by atoms with Crippen LogP contribution in [0.2, 0.25) is 0 Å². The van der Waals surface area contributed by atoms with Gasteiger partial charge >= 0.3 is 0 Å². The molecule has 0 atom stereocenters. The molecule has 1 aliphatic rings. The van der Waals surface area contributed by atoms with Crippen LogP contribution in [0.5, 0.6) is 0 Å². The van der Waals surface area contributed by atoms with E-state index >= 15 is 0 Å². The van der Waals surface area contributed by atoms with Crippen molar-refractivity contribution in [3.8, 4) is 0 Å². The van der Waals surface area contributed by atoms with Gasteiger partial charge in [-0.05, 0) is 6.42 Å². The Morgan fingerprint density at radius 3 is 3.11 bits per heavy atom. The van der Waals surface area contributed by atoms with Crippen LogP contribution in [0.3, 0.4) is 0 Å². The molecule has 9 heavy (non-hydrogen) atoms. The first-order chi connectivity index (χ1) is 4.43. The average Bonchev–Trinajstić information content (AvgIpc) is 2.34. The zero-order valence-electron chi connectivity index (χ0n) is 5.88. The van der Waals surface area contributed by atoms with Gasteiger partial charge in [0.2, 0.25) is 0 Å². The van der Waals surface area contributed by atoms with Crippen LogP contribution in [-0.2, 0) is 0 Å². The number of hydrogen-bond acceptors (Lipinski definition) is 1. The van der Waals surface area contributed by atoms with E-state index in [4.69, 9.17) is 0 Å². The highest BCUT2D eigenvalue weighted by atomic mass is 15.1. The molecule has 1 rings (SSSR count). The van der Waals surface area contributed by atoms with Crippen molar-refractivity contribution in [2.75, 3.05) is 13.1 Å². The maximum Gasteiger partial charge on any atom is 0.280 e. The Hall–Kier alpha value is -0.660. The first-order valence-electron chi connectivity index (χ1n) is 3.52. The van der Waals surface area contributed by atoms with Gasteiger partial charge < -0.3 is 0 Å². The summed E-state index contributed by atoms with van der Waals surface area (Å²) < 4.78 is 2.16. The second-order valence-electron chi connectivity index (χ2n) is 2.25. The van der Waals surface area contributed by atoms with Crippen LogP contribution >= 0.6 is 0 Å². The van der Waals surface area contributed by atoms with E-state index in [2.05, 4.69) is 22.7 Å². The number of unbranched alkanes of at least 4 members (excludes halogenated alkanes) is 1. The fraction of sp³-hybridized carbons (Fsp3) is 0.714. The molecule has 0 unspecified atom stereocenters. The van der Waals surface area contributed by atoms with Crippen molar-refractivity contribution in [3.63, 3.8) is 0 Å². The van der Waals surface area contributed by atoms with Gasteiger partial charge in [-0.2, -0.15) is 0 Å². The Bertz CT molecular complexity index is 136. The molecule has 0 aromatic heterocycles. The average molecular weight is 125 g/mol. The monoisotopic (exact) mass is 125 g/mol. The summed E-state index contributed by atoms with van der Waals surface area (Å²) >= 11 is 0. The molecular formula is C7H13N2+. The smallest absolute Gasteiger partial charge is 0.237 e. The molecule has 1 aliphatic heterocycles. The predicted octanol–water partition coefficient (Wildman–Crippen LogP) is 0.912. The summed E-state index contributed by atoms with van der Waals surface area (Å²) in [4.78, 5) is 4.06. The fourth-order valence-electron chi connectivity index (χ4n) is 0.841. The van der Waals surface area contributed by atoms with Crippen molar-refractivity contribution in [2.24, 2.45) is 4.99 Å². The van der Waals surface area contributed by atoms with Gasteiger partial charge in [0, 0.05) is 0 Å². The summed E-state index contributed by atoms with van der Waals surface area (Å²) in [5.41, 5.74) is 0. The third-order valence-corrected chi connectivity index (χ3v) is 1.42. The van der Waals surface area contributed by atoms with E-state index in [0.29, 0.717) is 0 Å². The minimum atomic E-state index is 0.879. The van der Waals surface area contributed by atoms with E-state index in [0.717, 1.165) is 13.1 Å². The number of aliphatic imine (C=N–C) groups is 1. The van der Waals surface area contributed by atoms with E-state index in [1.807, 2.05) is 6.34 Å². The van der Waals surface area contributed by atoms with Gasteiger partial charge in [-0.1, -0.05) is 18.3 Å². The van der Waals surface area contributed by atoms with Crippen molar-refractivity contribution in [2.45, 2.75) is 19.8 Å². The first kappa shape index (κ1) is 6.46. The molecule has 50 valence electrons. The molecule has 0 saturated heterocycles. The lowest BCUT2D eigenvalue weighted by Crippen LogP contribution is -2.08. The minimum absolute atomic E-state index is 0.879. The van der Waals surface area contributed by atoms with E-state index in [9.17, 15) is 0 Å². The Kier molecular flexibility index (Phi) is 2.43. The SMILES string of the molecule is CCCC[N+]1=CCN=C1. The Morgan fingerprint density at radius 2 is 2.56 bits per heavy atom. The summed E-state index contributed by atoms with van der Waals surface area (Å²) in [6, 6.07) is 0. The molecule has 0 fully saturated rings. The zero-order valence-corrected chi connectivity index (χ0v) is 5.88. The molecule has 0 amide bonds. The van der Waals surface area contributed by atoms with Crippen molar-refractivity contribution < 1.29 is 4.58 Å². The van der Waals surface area contributed by atoms with Crippen LogP contribution < -0.4 is 0 Å². The van der Waals surface area contributed by atoms with Crippen LogP contribution in [0.1, 0.15) is 19.8 Å². The van der Waals surface area contributed by atoms with Crippen molar-refractivity contribution in [1.29, 1.82) is 0 Å². The third-order valence-electron chi connectivity index (χ3n) is 1.42. The van der Waals surface area contributed by atoms with Crippen molar-refractivity contribution in [3.05, 3.63) is 0 Å². The summed E-state index contributed by atoms with van der Waals surface area (Å²) in [5, 5.41) is 0. The summed E-state index contributed by atoms with van der Waals surface area (Å²) in [6.45, 7) is 4.22. The van der Waals surface area contributed by atoms with Crippen LogP contribution in [0.15, 0.2) is 4.99 Å². The van der Waals surface area contributed by atoms with Crippen LogP contribution in [-0.4, -0.2) is 30.2 Å². The Balaban J connectivity index is 2.19. The lowest BCUT2D eigenvalue weighted by molar-refractivity contribution is -0.390. The highest BCUT2D eigenvalue weighted by molar-refractivity contribution is 5.67.